The molecule has 3 rings (SSSR count). The maximum absolute atomic E-state index is 12.6. The highest BCUT2D eigenvalue weighted by atomic mass is 16.5. The van der Waals surface area contributed by atoms with Crippen LogP contribution < -0.4 is 0 Å². The average molecular weight is 370 g/mol. The lowest BCUT2D eigenvalue weighted by atomic mass is 9.68. The molecule has 0 atom stereocenters. The van der Waals surface area contributed by atoms with Gasteiger partial charge in [0, 0.05) is 18.6 Å². The van der Waals surface area contributed by atoms with Gasteiger partial charge in [-0.3, -0.25) is 10.1 Å². The molecule has 1 heterocycles. The summed E-state index contributed by atoms with van der Waals surface area (Å²) in [5, 5.41) is 20.9. The maximum Gasteiger partial charge on any atom is 0.344 e. The van der Waals surface area contributed by atoms with Crippen molar-refractivity contribution in [3.8, 4) is 6.07 Å². The Kier molecular flexibility index (Phi) is 4.96. The molecule has 1 saturated carbocycles. The molecule has 27 heavy (non-hydrogen) atoms. The molecule has 1 aliphatic carbocycles. The minimum Gasteiger partial charge on any atom is -0.319 e. The summed E-state index contributed by atoms with van der Waals surface area (Å²) < 4.78 is 0. The predicted molar refractivity (Wildman–Crippen MR) is 103 cm³/mol. The summed E-state index contributed by atoms with van der Waals surface area (Å²) in [7, 11) is 4.20. The van der Waals surface area contributed by atoms with Gasteiger partial charge in [0.25, 0.3) is 0 Å². The molecule has 2 aliphatic rings. The second-order valence-electron chi connectivity index (χ2n) is 8.96. The molecule has 0 bridgehead atoms. The fourth-order valence-electron chi connectivity index (χ4n) is 4.70. The maximum atomic E-state index is 12.6. The molecule has 1 aromatic carbocycles. The van der Waals surface area contributed by atoms with E-state index in [2.05, 4.69) is 49.3 Å². The normalized spacial score (nSPS) is 28.9. The van der Waals surface area contributed by atoms with E-state index in [0.717, 1.165) is 30.7 Å². The Bertz CT molecular complexity index is 730. The Morgan fingerprint density at radius 2 is 1.78 bits per heavy atom. The van der Waals surface area contributed by atoms with E-state index in [1.54, 1.807) is 4.90 Å². The Labute approximate surface area is 161 Å². The Balaban J connectivity index is 1.81. The zero-order chi connectivity index (χ0) is 19.9. The van der Waals surface area contributed by atoms with E-state index < -0.39 is 11.0 Å². The highest BCUT2D eigenvalue weighted by Crippen LogP contribution is 2.48. The summed E-state index contributed by atoms with van der Waals surface area (Å²) in [6.07, 6.45) is 3.19. The van der Waals surface area contributed by atoms with E-state index in [1.165, 1.54) is 5.56 Å². The molecule has 6 nitrogen and oxygen atoms in total. The number of benzene rings is 1. The highest BCUT2D eigenvalue weighted by Gasteiger charge is 2.55. The molecule has 1 saturated heterocycles. The van der Waals surface area contributed by atoms with E-state index in [9.17, 15) is 15.3 Å². The van der Waals surface area contributed by atoms with Crippen LogP contribution in [0.2, 0.25) is 0 Å². The number of carbonyl (C=O) groups excluding carboxylic acids is 1. The third-order valence-electron chi connectivity index (χ3n) is 6.45. The number of hydroxylamine groups is 2. The van der Waals surface area contributed by atoms with Crippen LogP contribution in [0.25, 0.3) is 0 Å². The number of amides is 2. The van der Waals surface area contributed by atoms with E-state index in [-0.39, 0.29) is 11.6 Å². The van der Waals surface area contributed by atoms with E-state index in [1.807, 2.05) is 19.9 Å². The standard InChI is InChI=1S/C21H30N4O2/c1-19(2,14-22)15-24-16-20(25(27)18(24)26)10-12-21(13-11-20,23(3)4)17-8-6-5-7-9-17/h5-9,27H,10-13,15-16H2,1-4H3/t20-,21+. The minimum absolute atomic E-state index is 0.0876. The average Bonchev–Trinajstić information content (AvgIpc) is 2.87. The van der Waals surface area contributed by atoms with Gasteiger partial charge in [-0.05, 0) is 59.2 Å². The van der Waals surface area contributed by atoms with Crippen molar-refractivity contribution >= 4 is 6.03 Å². The van der Waals surface area contributed by atoms with Gasteiger partial charge in [-0.25, -0.2) is 4.79 Å². The molecule has 2 fully saturated rings. The summed E-state index contributed by atoms with van der Waals surface area (Å²) in [5.41, 5.74) is 0.00182. The van der Waals surface area contributed by atoms with E-state index in [0.29, 0.717) is 13.1 Å². The Morgan fingerprint density at radius 3 is 2.30 bits per heavy atom. The van der Waals surface area contributed by atoms with Gasteiger partial charge in [0.05, 0.1) is 17.0 Å². The van der Waals surface area contributed by atoms with Crippen LogP contribution in [-0.2, 0) is 5.54 Å². The Hall–Kier alpha value is -2.10. The molecule has 1 spiro atoms. The second-order valence-corrected chi connectivity index (χ2v) is 8.96. The van der Waals surface area contributed by atoms with Crippen molar-refractivity contribution in [1.29, 1.82) is 5.26 Å². The van der Waals surface area contributed by atoms with Crippen molar-refractivity contribution in [2.75, 3.05) is 27.2 Å². The lowest BCUT2D eigenvalue weighted by Gasteiger charge is -2.49. The predicted octanol–water partition coefficient (Wildman–Crippen LogP) is 3.43. The number of nitriles is 1. The molecule has 1 aliphatic heterocycles. The number of rotatable bonds is 4. The molecule has 1 aromatic rings. The highest BCUT2D eigenvalue weighted by molar-refractivity contribution is 5.77. The van der Waals surface area contributed by atoms with Crippen molar-refractivity contribution in [1.82, 2.24) is 14.9 Å². The number of nitrogens with zero attached hydrogens (tertiary/aromatic N) is 4. The smallest absolute Gasteiger partial charge is 0.319 e. The summed E-state index contributed by atoms with van der Waals surface area (Å²) in [6, 6.07) is 12.3. The van der Waals surface area contributed by atoms with Crippen LogP contribution in [0.15, 0.2) is 30.3 Å². The molecular formula is C21H30N4O2. The van der Waals surface area contributed by atoms with Crippen molar-refractivity contribution < 1.29 is 10.0 Å². The molecule has 0 unspecified atom stereocenters. The third kappa shape index (κ3) is 3.30. The first kappa shape index (κ1) is 19.7. The van der Waals surface area contributed by atoms with Gasteiger partial charge < -0.3 is 4.90 Å². The monoisotopic (exact) mass is 370 g/mol. The van der Waals surface area contributed by atoms with Crippen molar-refractivity contribution in [2.45, 2.75) is 50.6 Å². The first-order valence-electron chi connectivity index (χ1n) is 9.58. The van der Waals surface area contributed by atoms with Crippen LogP contribution in [0.4, 0.5) is 4.79 Å². The lowest BCUT2D eigenvalue weighted by Crippen LogP contribution is -2.54. The topological polar surface area (TPSA) is 70.8 Å². The molecule has 0 radical (unpaired) electrons. The summed E-state index contributed by atoms with van der Waals surface area (Å²) in [5.74, 6) is 0. The summed E-state index contributed by atoms with van der Waals surface area (Å²) >= 11 is 0. The number of urea groups is 1. The van der Waals surface area contributed by atoms with Crippen LogP contribution in [-0.4, -0.2) is 58.8 Å². The Morgan fingerprint density at radius 1 is 1.19 bits per heavy atom. The first-order valence-corrected chi connectivity index (χ1v) is 9.58. The SMILES string of the molecule is CN(C)[C@]1(c2ccccc2)CC[C@]2(CC1)CN(CC(C)(C)C#N)C(=O)N2O. The van der Waals surface area contributed by atoms with Gasteiger partial charge in [-0.15, -0.1) is 0 Å². The number of carbonyl (C=O) groups is 1. The van der Waals surface area contributed by atoms with Crippen molar-refractivity contribution in [2.24, 2.45) is 5.41 Å². The fourth-order valence-corrected chi connectivity index (χ4v) is 4.70. The molecule has 146 valence electrons. The van der Waals surface area contributed by atoms with E-state index >= 15 is 0 Å². The lowest BCUT2D eigenvalue weighted by molar-refractivity contribution is -0.129. The first-order chi connectivity index (χ1) is 12.7. The quantitative estimate of drug-likeness (QED) is 0.824. The van der Waals surface area contributed by atoms with Gasteiger partial charge in [0.15, 0.2) is 0 Å². The minimum atomic E-state index is -0.631. The van der Waals surface area contributed by atoms with Crippen LogP contribution in [0.3, 0.4) is 0 Å². The van der Waals surface area contributed by atoms with E-state index in [4.69, 9.17) is 0 Å². The van der Waals surface area contributed by atoms with Gasteiger partial charge in [0.2, 0.25) is 0 Å². The van der Waals surface area contributed by atoms with Gasteiger partial charge in [-0.1, -0.05) is 30.3 Å². The zero-order valence-electron chi connectivity index (χ0n) is 16.8. The van der Waals surface area contributed by atoms with Gasteiger partial charge in [-0.2, -0.15) is 10.3 Å². The van der Waals surface area contributed by atoms with Crippen LogP contribution in [0.1, 0.15) is 45.1 Å². The fraction of sp³-hybridized carbons (Fsp3) is 0.619. The molecular weight excluding hydrogens is 340 g/mol. The van der Waals surface area contributed by atoms with Crippen molar-refractivity contribution in [3.05, 3.63) is 35.9 Å². The zero-order valence-corrected chi connectivity index (χ0v) is 16.8. The molecule has 1 N–H and O–H groups in total. The summed E-state index contributed by atoms with van der Waals surface area (Å²) in [6.45, 7) is 4.45. The van der Waals surface area contributed by atoms with Crippen molar-refractivity contribution in [3.63, 3.8) is 0 Å². The number of hydrogen-bond acceptors (Lipinski definition) is 4. The third-order valence-corrected chi connectivity index (χ3v) is 6.45. The molecule has 6 heteroatoms. The van der Waals surface area contributed by atoms with Crippen LogP contribution >= 0.6 is 0 Å². The van der Waals surface area contributed by atoms with Gasteiger partial charge >= 0.3 is 6.03 Å². The molecule has 2 amide bonds. The summed E-state index contributed by atoms with van der Waals surface area (Å²) in [4.78, 5) is 16.5. The van der Waals surface area contributed by atoms with Crippen LogP contribution in [0, 0.1) is 16.7 Å². The number of hydrogen-bond donors (Lipinski definition) is 1. The van der Waals surface area contributed by atoms with Crippen LogP contribution in [0.5, 0.6) is 0 Å². The molecule has 0 aromatic heterocycles. The second kappa shape index (κ2) is 6.81. The largest absolute Gasteiger partial charge is 0.344 e. The van der Waals surface area contributed by atoms with Gasteiger partial charge in [0.1, 0.15) is 0 Å².